The number of hydrogen-bond acceptors (Lipinski definition) is 3. The van der Waals surface area contributed by atoms with Crippen LogP contribution in [0.4, 0.5) is 0 Å². The van der Waals surface area contributed by atoms with Crippen LogP contribution in [0.5, 0.6) is 0 Å². The van der Waals surface area contributed by atoms with Crippen LogP contribution in [0.25, 0.3) is 0 Å². The minimum absolute atomic E-state index is 0.0524. The topological polar surface area (TPSA) is 59.3 Å². The quantitative estimate of drug-likeness (QED) is 0.730. The molecule has 0 saturated heterocycles. The van der Waals surface area contributed by atoms with Crippen LogP contribution in [-0.2, 0) is 11.3 Å². The summed E-state index contributed by atoms with van der Waals surface area (Å²) in [4.78, 5) is 21.4. The molecule has 0 bridgehead atoms. The van der Waals surface area contributed by atoms with Gasteiger partial charge in [0.1, 0.15) is 0 Å². The summed E-state index contributed by atoms with van der Waals surface area (Å²) in [5.41, 5.74) is -0.0524. The molecule has 0 aliphatic carbocycles. The highest BCUT2D eigenvalue weighted by molar-refractivity contribution is 7.99. The predicted octanol–water partition coefficient (Wildman–Crippen LogP) is 0.666. The Hall–Kier alpha value is -1.23. The summed E-state index contributed by atoms with van der Waals surface area (Å²) >= 11 is 1.31. The van der Waals surface area contributed by atoms with E-state index >= 15 is 0 Å². The summed E-state index contributed by atoms with van der Waals surface area (Å²) in [6, 6.07) is 4.95. The number of nitrogens with zero attached hydrogens (tertiary/aromatic N) is 1. The molecule has 0 aromatic carbocycles. The molecule has 0 saturated carbocycles. The highest BCUT2D eigenvalue weighted by Crippen LogP contribution is 1.99. The van der Waals surface area contributed by atoms with Crippen LogP contribution in [-0.4, -0.2) is 27.1 Å². The fraction of sp³-hybridized carbons (Fsp3) is 0.333. The minimum Gasteiger partial charge on any atom is -0.481 e. The van der Waals surface area contributed by atoms with Crippen molar-refractivity contribution >= 4 is 17.7 Å². The van der Waals surface area contributed by atoms with Gasteiger partial charge in [-0.3, -0.25) is 9.59 Å². The highest BCUT2D eigenvalue weighted by Gasteiger charge is 1.97. The summed E-state index contributed by atoms with van der Waals surface area (Å²) in [7, 11) is 0. The number of carbonyl (C=O) groups is 1. The van der Waals surface area contributed by atoms with Gasteiger partial charge in [-0.1, -0.05) is 6.07 Å². The van der Waals surface area contributed by atoms with Crippen molar-refractivity contribution in [2.24, 2.45) is 0 Å². The maximum Gasteiger partial charge on any atom is 0.313 e. The van der Waals surface area contributed by atoms with E-state index in [1.54, 1.807) is 22.9 Å². The first kappa shape index (κ1) is 10.8. The number of carboxylic acid groups (broad SMARTS) is 1. The van der Waals surface area contributed by atoms with E-state index in [2.05, 4.69) is 0 Å². The van der Waals surface area contributed by atoms with Crippen molar-refractivity contribution in [1.82, 2.24) is 4.57 Å². The zero-order chi connectivity index (χ0) is 10.4. The first-order valence-electron chi connectivity index (χ1n) is 4.15. The van der Waals surface area contributed by atoms with E-state index in [1.165, 1.54) is 17.8 Å². The monoisotopic (exact) mass is 213 g/mol. The van der Waals surface area contributed by atoms with Crippen LogP contribution in [0.15, 0.2) is 29.2 Å². The van der Waals surface area contributed by atoms with E-state index in [9.17, 15) is 9.59 Å². The third-order valence-corrected chi connectivity index (χ3v) is 2.52. The average Bonchev–Trinajstić information content (AvgIpc) is 2.15. The molecular formula is C9H11NO3S. The molecular weight excluding hydrogens is 202 g/mol. The molecule has 1 aromatic rings. The number of aliphatic carboxylic acids is 1. The lowest BCUT2D eigenvalue weighted by atomic mass is 10.5. The number of carboxylic acids is 1. The van der Waals surface area contributed by atoms with Crippen molar-refractivity contribution in [2.45, 2.75) is 6.54 Å². The Balaban J connectivity index is 2.35. The third kappa shape index (κ3) is 3.66. The van der Waals surface area contributed by atoms with E-state index in [4.69, 9.17) is 5.11 Å². The Morgan fingerprint density at radius 3 is 2.93 bits per heavy atom. The standard InChI is InChI=1S/C9H11NO3S/c11-8-3-1-2-4-10(8)5-6-14-7-9(12)13/h1-4H,5-7H2,(H,12,13). The Labute approximate surface area is 85.6 Å². The smallest absolute Gasteiger partial charge is 0.313 e. The van der Waals surface area contributed by atoms with Crippen LogP contribution in [0, 0.1) is 0 Å². The molecule has 1 aromatic heterocycles. The second-order valence-corrected chi connectivity index (χ2v) is 3.78. The van der Waals surface area contributed by atoms with Crippen molar-refractivity contribution in [3.8, 4) is 0 Å². The minimum atomic E-state index is -0.824. The number of rotatable bonds is 5. The molecule has 0 atom stereocenters. The first-order valence-corrected chi connectivity index (χ1v) is 5.30. The van der Waals surface area contributed by atoms with Gasteiger partial charge in [0.05, 0.1) is 5.75 Å². The molecule has 1 rings (SSSR count). The van der Waals surface area contributed by atoms with Crippen molar-refractivity contribution in [3.63, 3.8) is 0 Å². The zero-order valence-corrected chi connectivity index (χ0v) is 8.37. The number of pyridine rings is 1. The Morgan fingerprint density at radius 1 is 1.50 bits per heavy atom. The molecule has 0 fully saturated rings. The van der Waals surface area contributed by atoms with E-state index < -0.39 is 5.97 Å². The van der Waals surface area contributed by atoms with Crippen molar-refractivity contribution in [3.05, 3.63) is 34.7 Å². The lowest BCUT2D eigenvalue weighted by molar-refractivity contribution is -0.133. The molecule has 0 unspecified atom stereocenters. The van der Waals surface area contributed by atoms with Crippen molar-refractivity contribution < 1.29 is 9.90 Å². The van der Waals surface area contributed by atoms with Crippen molar-refractivity contribution in [2.75, 3.05) is 11.5 Å². The van der Waals surface area contributed by atoms with E-state index in [1.807, 2.05) is 0 Å². The number of hydrogen-bond donors (Lipinski definition) is 1. The van der Waals surface area contributed by atoms with E-state index in [0.29, 0.717) is 12.3 Å². The molecule has 76 valence electrons. The zero-order valence-electron chi connectivity index (χ0n) is 7.55. The van der Waals surface area contributed by atoms with Crippen LogP contribution < -0.4 is 5.56 Å². The first-order chi connectivity index (χ1) is 6.70. The van der Waals surface area contributed by atoms with E-state index in [0.717, 1.165) is 0 Å². The van der Waals surface area contributed by atoms with Gasteiger partial charge in [0.2, 0.25) is 0 Å². The summed E-state index contributed by atoms with van der Waals surface area (Å²) in [5.74, 6) is -0.104. The molecule has 1 N–H and O–H groups in total. The van der Waals surface area contributed by atoms with Crippen LogP contribution >= 0.6 is 11.8 Å². The van der Waals surface area contributed by atoms with Gasteiger partial charge in [0.25, 0.3) is 5.56 Å². The largest absolute Gasteiger partial charge is 0.481 e. The van der Waals surface area contributed by atoms with Gasteiger partial charge < -0.3 is 9.67 Å². The summed E-state index contributed by atoms with van der Waals surface area (Å²) in [6.45, 7) is 0.553. The van der Waals surface area contributed by atoms with E-state index in [-0.39, 0.29) is 11.3 Å². The second-order valence-electron chi connectivity index (χ2n) is 2.68. The SMILES string of the molecule is O=C(O)CSCCn1ccccc1=O. The lowest BCUT2D eigenvalue weighted by Crippen LogP contribution is -2.19. The predicted molar refractivity (Wildman–Crippen MR) is 55.7 cm³/mol. The normalized spacial score (nSPS) is 10.0. The fourth-order valence-electron chi connectivity index (χ4n) is 0.968. The van der Waals surface area contributed by atoms with Crippen LogP contribution in [0.1, 0.15) is 0 Å². The lowest BCUT2D eigenvalue weighted by Gasteiger charge is -2.02. The number of aromatic nitrogens is 1. The van der Waals surface area contributed by atoms with Gasteiger partial charge in [0, 0.05) is 24.6 Å². The van der Waals surface area contributed by atoms with Gasteiger partial charge in [-0.05, 0) is 6.07 Å². The average molecular weight is 213 g/mol. The molecule has 4 nitrogen and oxygen atoms in total. The molecule has 5 heteroatoms. The molecule has 0 spiro atoms. The Morgan fingerprint density at radius 2 is 2.29 bits per heavy atom. The summed E-state index contributed by atoms with van der Waals surface area (Å²) in [5, 5.41) is 8.38. The Bertz CT molecular complexity index is 361. The molecule has 0 aliphatic heterocycles. The highest BCUT2D eigenvalue weighted by atomic mass is 32.2. The maximum absolute atomic E-state index is 11.2. The summed E-state index contributed by atoms with van der Waals surface area (Å²) in [6.07, 6.45) is 1.70. The molecule has 1 heterocycles. The number of thioether (sulfide) groups is 1. The van der Waals surface area contributed by atoms with Crippen LogP contribution in [0.3, 0.4) is 0 Å². The Kier molecular flexibility index (Phi) is 4.25. The molecule has 0 aliphatic rings. The fourth-order valence-corrected chi connectivity index (χ4v) is 1.61. The second kappa shape index (κ2) is 5.49. The van der Waals surface area contributed by atoms with Crippen molar-refractivity contribution in [1.29, 1.82) is 0 Å². The van der Waals surface area contributed by atoms with Gasteiger partial charge in [-0.25, -0.2) is 0 Å². The van der Waals surface area contributed by atoms with Gasteiger partial charge in [0.15, 0.2) is 0 Å². The van der Waals surface area contributed by atoms with Crippen LogP contribution in [0.2, 0.25) is 0 Å². The number of aryl methyl sites for hydroxylation is 1. The van der Waals surface area contributed by atoms with Gasteiger partial charge >= 0.3 is 5.97 Å². The molecule has 0 radical (unpaired) electrons. The maximum atomic E-state index is 11.2. The van der Waals surface area contributed by atoms with Gasteiger partial charge in [-0.15, -0.1) is 11.8 Å². The third-order valence-electron chi connectivity index (χ3n) is 1.60. The van der Waals surface area contributed by atoms with Gasteiger partial charge in [-0.2, -0.15) is 0 Å². The molecule has 0 amide bonds. The summed E-state index contributed by atoms with van der Waals surface area (Å²) < 4.78 is 1.56. The molecule has 14 heavy (non-hydrogen) atoms.